The minimum Gasteiger partial charge on any atom is -0.361 e. The maximum absolute atomic E-state index is 5.95. The molecule has 0 unspecified atom stereocenters. The predicted octanol–water partition coefficient (Wildman–Crippen LogP) is 3.18. The van der Waals surface area contributed by atoms with E-state index < -0.39 is 0 Å². The molecule has 0 bridgehead atoms. The molecule has 1 aromatic rings. The fraction of sp³-hybridized carbons (Fsp3) is 0.600. The molecule has 0 aromatic heterocycles. The van der Waals surface area contributed by atoms with Crippen molar-refractivity contribution in [1.82, 2.24) is 4.90 Å². The van der Waals surface area contributed by atoms with Gasteiger partial charge in [-0.15, -0.1) is 0 Å². The van der Waals surface area contributed by atoms with Gasteiger partial charge in [0.2, 0.25) is 0 Å². The first-order chi connectivity index (χ1) is 8.43. The Morgan fingerprint density at radius 1 is 1.06 bits per heavy atom. The lowest BCUT2D eigenvalue weighted by Crippen LogP contribution is -2.34. The number of rotatable bonds is 2. The molecule has 3 rings (SSSR count). The lowest BCUT2D eigenvalue weighted by molar-refractivity contribution is 0.0818. The largest absolute Gasteiger partial charge is 0.361 e. The molecule has 1 saturated heterocycles. The van der Waals surface area contributed by atoms with Crippen molar-refractivity contribution < 1.29 is 4.74 Å². The molecule has 2 nitrogen and oxygen atoms in total. The van der Waals surface area contributed by atoms with Gasteiger partial charge in [-0.1, -0.05) is 49.6 Å². The molecule has 0 spiro atoms. The monoisotopic (exact) mass is 231 g/mol. The number of benzene rings is 1. The number of ether oxygens (including phenoxy) is 1. The van der Waals surface area contributed by atoms with Crippen molar-refractivity contribution in [3.05, 3.63) is 35.9 Å². The van der Waals surface area contributed by atoms with Gasteiger partial charge in [-0.05, 0) is 18.4 Å². The van der Waals surface area contributed by atoms with Crippen molar-refractivity contribution in [2.45, 2.75) is 50.8 Å². The number of hydrogen-bond acceptors (Lipinski definition) is 2. The average molecular weight is 231 g/mol. The molecule has 0 amide bonds. The van der Waals surface area contributed by atoms with Crippen LogP contribution in [0.4, 0.5) is 0 Å². The van der Waals surface area contributed by atoms with Crippen LogP contribution in [-0.2, 0) is 11.3 Å². The highest BCUT2D eigenvalue weighted by molar-refractivity contribution is 5.14. The Hall–Kier alpha value is -0.860. The summed E-state index contributed by atoms with van der Waals surface area (Å²) in [5.41, 5.74) is 1.40. The third kappa shape index (κ3) is 2.53. The van der Waals surface area contributed by atoms with Crippen LogP contribution >= 0.6 is 0 Å². The fourth-order valence-electron chi connectivity index (χ4n) is 3.13. The van der Waals surface area contributed by atoms with Gasteiger partial charge in [0, 0.05) is 12.6 Å². The van der Waals surface area contributed by atoms with Gasteiger partial charge >= 0.3 is 0 Å². The summed E-state index contributed by atoms with van der Waals surface area (Å²) in [5.74, 6) is 0. The average Bonchev–Trinajstić information content (AvgIpc) is 2.61. The fourth-order valence-corrected chi connectivity index (χ4v) is 3.13. The van der Waals surface area contributed by atoms with Crippen molar-refractivity contribution >= 4 is 0 Å². The Morgan fingerprint density at radius 3 is 2.76 bits per heavy atom. The van der Waals surface area contributed by atoms with Crippen LogP contribution < -0.4 is 0 Å². The van der Waals surface area contributed by atoms with Crippen molar-refractivity contribution in [2.24, 2.45) is 0 Å². The Bertz CT molecular complexity index is 351. The van der Waals surface area contributed by atoms with E-state index in [0.717, 1.165) is 13.3 Å². The van der Waals surface area contributed by atoms with Crippen LogP contribution in [0.5, 0.6) is 0 Å². The van der Waals surface area contributed by atoms with Crippen LogP contribution in [0.25, 0.3) is 0 Å². The van der Waals surface area contributed by atoms with Crippen LogP contribution in [0.1, 0.15) is 37.7 Å². The highest BCUT2D eigenvalue weighted by Gasteiger charge is 2.35. The van der Waals surface area contributed by atoms with Gasteiger partial charge in [0.15, 0.2) is 0 Å². The Balaban J connectivity index is 1.67. The summed E-state index contributed by atoms with van der Waals surface area (Å²) < 4.78 is 5.95. The molecule has 2 atom stereocenters. The summed E-state index contributed by atoms with van der Waals surface area (Å²) in [5, 5.41) is 0. The van der Waals surface area contributed by atoms with Gasteiger partial charge in [0.25, 0.3) is 0 Å². The Kier molecular flexibility index (Phi) is 3.44. The molecule has 1 aromatic carbocycles. The van der Waals surface area contributed by atoms with E-state index in [0.29, 0.717) is 12.1 Å². The summed E-state index contributed by atoms with van der Waals surface area (Å²) in [4.78, 5) is 2.52. The first kappa shape index (κ1) is 11.2. The highest BCUT2D eigenvalue weighted by Crippen LogP contribution is 2.30. The standard InChI is InChI=1S/C15H21NO/c1-3-7-13(8-4-1)11-16-12-17-15-10-6-2-5-9-14(15)16/h1,3-4,7-8,14-15H,2,5-6,9-12H2/t14-,15-/m0/s1. The summed E-state index contributed by atoms with van der Waals surface area (Å²) in [6, 6.07) is 11.4. The van der Waals surface area contributed by atoms with Crippen LogP contribution in [0, 0.1) is 0 Å². The van der Waals surface area contributed by atoms with Gasteiger partial charge < -0.3 is 4.74 Å². The minimum absolute atomic E-state index is 0.501. The van der Waals surface area contributed by atoms with Crippen molar-refractivity contribution in [3.8, 4) is 0 Å². The predicted molar refractivity (Wildman–Crippen MR) is 68.6 cm³/mol. The Morgan fingerprint density at radius 2 is 1.88 bits per heavy atom. The van der Waals surface area contributed by atoms with E-state index in [1.807, 2.05) is 0 Å². The topological polar surface area (TPSA) is 12.5 Å². The second kappa shape index (κ2) is 5.19. The molecule has 0 radical (unpaired) electrons. The zero-order chi connectivity index (χ0) is 11.5. The quantitative estimate of drug-likeness (QED) is 0.775. The maximum atomic E-state index is 5.95. The zero-order valence-electron chi connectivity index (χ0n) is 10.3. The molecule has 0 N–H and O–H groups in total. The summed E-state index contributed by atoms with van der Waals surface area (Å²) in [6.45, 7) is 1.87. The van der Waals surface area contributed by atoms with Crippen molar-refractivity contribution in [3.63, 3.8) is 0 Å². The molecule has 92 valence electrons. The summed E-state index contributed by atoms with van der Waals surface area (Å²) >= 11 is 0. The SMILES string of the molecule is c1ccc(CN2CO[C@H]3CCCCC[C@@H]32)cc1. The van der Waals surface area contributed by atoms with Gasteiger partial charge in [0.1, 0.15) is 6.73 Å². The normalized spacial score (nSPS) is 29.9. The molecular weight excluding hydrogens is 210 g/mol. The van der Waals surface area contributed by atoms with E-state index in [9.17, 15) is 0 Å². The first-order valence-corrected chi connectivity index (χ1v) is 6.83. The van der Waals surface area contributed by atoms with E-state index in [2.05, 4.69) is 35.2 Å². The van der Waals surface area contributed by atoms with Crippen molar-refractivity contribution in [2.75, 3.05) is 6.73 Å². The van der Waals surface area contributed by atoms with Crippen LogP contribution in [0.15, 0.2) is 30.3 Å². The van der Waals surface area contributed by atoms with Gasteiger partial charge in [0.05, 0.1) is 6.10 Å². The minimum atomic E-state index is 0.501. The lowest BCUT2D eigenvalue weighted by Gasteiger charge is -2.24. The van der Waals surface area contributed by atoms with Crippen LogP contribution in [0.3, 0.4) is 0 Å². The molecule has 1 heterocycles. The zero-order valence-corrected chi connectivity index (χ0v) is 10.3. The number of hydrogen-bond donors (Lipinski definition) is 0. The lowest BCUT2D eigenvalue weighted by atomic mass is 10.1. The second-order valence-corrected chi connectivity index (χ2v) is 5.27. The van der Waals surface area contributed by atoms with Crippen LogP contribution in [0.2, 0.25) is 0 Å². The molecule has 1 aliphatic heterocycles. The third-order valence-corrected chi connectivity index (χ3v) is 4.07. The van der Waals surface area contributed by atoms with Crippen molar-refractivity contribution in [1.29, 1.82) is 0 Å². The van der Waals surface area contributed by atoms with Gasteiger partial charge in [-0.2, -0.15) is 0 Å². The number of fused-ring (bicyclic) bond motifs is 1. The smallest absolute Gasteiger partial charge is 0.100 e. The molecule has 17 heavy (non-hydrogen) atoms. The van der Waals surface area contributed by atoms with E-state index in [1.165, 1.54) is 37.7 Å². The molecule has 1 saturated carbocycles. The molecule has 2 aliphatic rings. The first-order valence-electron chi connectivity index (χ1n) is 6.83. The van der Waals surface area contributed by atoms with E-state index in [4.69, 9.17) is 4.74 Å². The van der Waals surface area contributed by atoms with Gasteiger partial charge in [-0.25, -0.2) is 0 Å². The summed E-state index contributed by atoms with van der Waals surface area (Å²) in [7, 11) is 0. The molecular formula is C15H21NO. The van der Waals surface area contributed by atoms with Crippen LogP contribution in [-0.4, -0.2) is 23.8 Å². The third-order valence-electron chi connectivity index (χ3n) is 4.07. The molecule has 2 fully saturated rings. The van der Waals surface area contributed by atoms with E-state index in [1.54, 1.807) is 0 Å². The molecule has 2 heteroatoms. The maximum Gasteiger partial charge on any atom is 0.100 e. The van der Waals surface area contributed by atoms with E-state index in [-0.39, 0.29) is 0 Å². The highest BCUT2D eigenvalue weighted by atomic mass is 16.5. The number of nitrogens with zero attached hydrogens (tertiary/aromatic N) is 1. The molecule has 1 aliphatic carbocycles. The summed E-state index contributed by atoms with van der Waals surface area (Å²) in [6.07, 6.45) is 7.18. The second-order valence-electron chi connectivity index (χ2n) is 5.27. The van der Waals surface area contributed by atoms with E-state index >= 15 is 0 Å². The Labute approximate surface area is 104 Å². The van der Waals surface area contributed by atoms with Gasteiger partial charge in [-0.3, -0.25) is 4.90 Å².